The minimum atomic E-state index is -0.244. The van der Waals surface area contributed by atoms with Crippen LogP contribution >= 0.6 is 0 Å². The zero-order valence-corrected chi connectivity index (χ0v) is 11.7. The highest BCUT2D eigenvalue weighted by Crippen LogP contribution is 2.16. The average molecular weight is 273 g/mol. The standard InChI is InChI=1S/C14H19N5O/c1-3-11(2)19-13(6-9-17-19)18-14(20)16-10-12-4-7-15-8-5-12/h4-9,11H,3,10H2,1-2H3,(H2,16,18,20). The highest BCUT2D eigenvalue weighted by molar-refractivity contribution is 5.88. The van der Waals surface area contributed by atoms with Crippen molar-refractivity contribution in [1.29, 1.82) is 0 Å². The molecule has 0 aliphatic carbocycles. The topological polar surface area (TPSA) is 71.8 Å². The number of urea groups is 1. The van der Waals surface area contributed by atoms with E-state index in [4.69, 9.17) is 0 Å². The first-order valence-corrected chi connectivity index (χ1v) is 6.68. The van der Waals surface area contributed by atoms with Crippen LogP contribution in [-0.4, -0.2) is 20.8 Å². The molecule has 0 radical (unpaired) electrons. The van der Waals surface area contributed by atoms with Crippen molar-refractivity contribution in [2.45, 2.75) is 32.9 Å². The maximum absolute atomic E-state index is 11.9. The molecule has 0 spiro atoms. The molecule has 0 aliphatic heterocycles. The van der Waals surface area contributed by atoms with Gasteiger partial charge in [-0.15, -0.1) is 0 Å². The number of anilines is 1. The van der Waals surface area contributed by atoms with Gasteiger partial charge in [0, 0.05) is 25.0 Å². The first kappa shape index (κ1) is 14.0. The van der Waals surface area contributed by atoms with Gasteiger partial charge < -0.3 is 5.32 Å². The second-order valence-corrected chi connectivity index (χ2v) is 4.58. The van der Waals surface area contributed by atoms with Crippen molar-refractivity contribution in [2.75, 3.05) is 5.32 Å². The van der Waals surface area contributed by atoms with Gasteiger partial charge >= 0.3 is 6.03 Å². The molecule has 1 unspecified atom stereocenters. The van der Waals surface area contributed by atoms with Crippen LogP contribution in [0.4, 0.5) is 10.6 Å². The lowest BCUT2D eigenvalue weighted by Gasteiger charge is -2.14. The fourth-order valence-electron chi connectivity index (χ4n) is 1.78. The molecule has 2 aromatic rings. The summed E-state index contributed by atoms with van der Waals surface area (Å²) in [6, 6.07) is 5.53. The molecule has 2 N–H and O–H groups in total. The highest BCUT2D eigenvalue weighted by Gasteiger charge is 2.10. The van der Waals surface area contributed by atoms with Gasteiger partial charge in [-0.3, -0.25) is 10.3 Å². The number of nitrogens with one attached hydrogen (secondary N) is 2. The zero-order chi connectivity index (χ0) is 14.4. The summed E-state index contributed by atoms with van der Waals surface area (Å²) < 4.78 is 1.81. The number of nitrogens with zero attached hydrogens (tertiary/aromatic N) is 3. The number of carbonyl (C=O) groups excluding carboxylic acids is 1. The van der Waals surface area contributed by atoms with Crippen molar-refractivity contribution < 1.29 is 4.79 Å². The molecular formula is C14H19N5O. The Morgan fingerprint density at radius 1 is 1.30 bits per heavy atom. The third-order valence-corrected chi connectivity index (χ3v) is 3.12. The third kappa shape index (κ3) is 3.57. The van der Waals surface area contributed by atoms with Gasteiger partial charge in [0.05, 0.1) is 12.2 Å². The van der Waals surface area contributed by atoms with Crippen LogP contribution in [-0.2, 0) is 6.54 Å². The van der Waals surface area contributed by atoms with Crippen molar-refractivity contribution in [3.05, 3.63) is 42.4 Å². The normalized spacial score (nSPS) is 11.9. The van der Waals surface area contributed by atoms with E-state index >= 15 is 0 Å². The molecule has 0 bridgehead atoms. The average Bonchev–Trinajstić information content (AvgIpc) is 2.93. The minimum Gasteiger partial charge on any atom is -0.334 e. The Hall–Kier alpha value is -2.37. The molecule has 2 aromatic heterocycles. The van der Waals surface area contributed by atoms with Crippen LogP contribution in [0.3, 0.4) is 0 Å². The highest BCUT2D eigenvalue weighted by atomic mass is 16.2. The Morgan fingerprint density at radius 2 is 2.05 bits per heavy atom. The number of carbonyl (C=O) groups is 1. The quantitative estimate of drug-likeness (QED) is 0.879. The number of amides is 2. The lowest BCUT2D eigenvalue weighted by molar-refractivity contribution is 0.251. The summed E-state index contributed by atoms with van der Waals surface area (Å²) in [5.74, 6) is 0.701. The summed E-state index contributed by atoms with van der Waals surface area (Å²) in [7, 11) is 0. The Balaban J connectivity index is 1.90. The summed E-state index contributed by atoms with van der Waals surface area (Å²) in [4.78, 5) is 15.8. The molecule has 2 rings (SSSR count). The summed E-state index contributed by atoms with van der Waals surface area (Å²) in [6.07, 6.45) is 6.04. The number of hydrogen-bond acceptors (Lipinski definition) is 3. The van der Waals surface area contributed by atoms with Crippen LogP contribution in [0.5, 0.6) is 0 Å². The van der Waals surface area contributed by atoms with Gasteiger partial charge in [0.1, 0.15) is 5.82 Å². The molecule has 20 heavy (non-hydrogen) atoms. The molecule has 6 nitrogen and oxygen atoms in total. The monoisotopic (exact) mass is 273 g/mol. The van der Waals surface area contributed by atoms with E-state index in [0.29, 0.717) is 12.4 Å². The minimum absolute atomic E-state index is 0.244. The molecule has 0 aliphatic rings. The van der Waals surface area contributed by atoms with Crippen molar-refractivity contribution in [2.24, 2.45) is 0 Å². The lowest BCUT2D eigenvalue weighted by atomic mass is 10.3. The summed E-state index contributed by atoms with van der Waals surface area (Å²) >= 11 is 0. The summed E-state index contributed by atoms with van der Waals surface area (Å²) in [5, 5.41) is 9.84. The largest absolute Gasteiger partial charge is 0.334 e. The fraction of sp³-hybridized carbons (Fsp3) is 0.357. The van der Waals surface area contributed by atoms with E-state index in [2.05, 4.69) is 34.6 Å². The first-order valence-electron chi connectivity index (χ1n) is 6.68. The molecule has 2 heterocycles. The smallest absolute Gasteiger partial charge is 0.320 e. The molecular weight excluding hydrogens is 254 g/mol. The molecule has 0 fully saturated rings. The SMILES string of the molecule is CCC(C)n1nccc1NC(=O)NCc1ccncc1. The zero-order valence-electron chi connectivity index (χ0n) is 11.7. The van der Waals surface area contributed by atoms with Crippen LogP contribution in [0.2, 0.25) is 0 Å². The predicted molar refractivity (Wildman–Crippen MR) is 77.3 cm³/mol. The van der Waals surface area contributed by atoms with E-state index in [1.807, 2.05) is 16.8 Å². The van der Waals surface area contributed by atoms with E-state index in [9.17, 15) is 4.79 Å². The van der Waals surface area contributed by atoms with E-state index in [1.54, 1.807) is 24.7 Å². The Labute approximate surface area is 118 Å². The molecule has 0 saturated carbocycles. The number of aromatic nitrogens is 3. The molecule has 0 saturated heterocycles. The van der Waals surface area contributed by atoms with Crippen LogP contribution in [0.1, 0.15) is 31.9 Å². The van der Waals surface area contributed by atoms with Crippen LogP contribution in [0.25, 0.3) is 0 Å². The van der Waals surface area contributed by atoms with Gasteiger partial charge in [0.25, 0.3) is 0 Å². The van der Waals surface area contributed by atoms with Gasteiger partial charge in [0.2, 0.25) is 0 Å². The van der Waals surface area contributed by atoms with Crippen molar-refractivity contribution >= 4 is 11.8 Å². The van der Waals surface area contributed by atoms with Crippen molar-refractivity contribution in [3.8, 4) is 0 Å². The number of rotatable bonds is 5. The van der Waals surface area contributed by atoms with Gasteiger partial charge in [-0.05, 0) is 31.0 Å². The van der Waals surface area contributed by atoms with E-state index in [0.717, 1.165) is 12.0 Å². The number of pyridine rings is 1. The Bertz CT molecular complexity index is 552. The van der Waals surface area contributed by atoms with Crippen LogP contribution in [0.15, 0.2) is 36.8 Å². The maximum Gasteiger partial charge on any atom is 0.320 e. The van der Waals surface area contributed by atoms with Gasteiger partial charge in [0.15, 0.2) is 0 Å². The van der Waals surface area contributed by atoms with Crippen LogP contribution < -0.4 is 10.6 Å². The molecule has 2 amide bonds. The van der Waals surface area contributed by atoms with Crippen molar-refractivity contribution in [1.82, 2.24) is 20.1 Å². The van der Waals surface area contributed by atoms with Gasteiger partial charge in [-0.2, -0.15) is 5.10 Å². The van der Waals surface area contributed by atoms with Crippen molar-refractivity contribution in [3.63, 3.8) is 0 Å². The maximum atomic E-state index is 11.9. The molecule has 1 atom stereocenters. The lowest BCUT2D eigenvalue weighted by Crippen LogP contribution is -2.29. The predicted octanol–water partition coefficient (Wildman–Crippen LogP) is 2.57. The van der Waals surface area contributed by atoms with Gasteiger partial charge in [-0.1, -0.05) is 6.92 Å². The van der Waals surface area contributed by atoms with E-state index in [1.165, 1.54) is 0 Å². The summed E-state index contributed by atoms with van der Waals surface area (Å²) in [6.45, 7) is 4.61. The van der Waals surface area contributed by atoms with E-state index < -0.39 is 0 Å². The third-order valence-electron chi connectivity index (χ3n) is 3.12. The second-order valence-electron chi connectivity index (χ2n) is 4.58. The fourth-order valence-corrected chi connectivity index (χ4v) is 1.78. The molecule has 6 heteroatoms. The Morgan fingerprint density at radius 3 is 2.75 bits per heavy atom. The second kappa shape index (κ2) is 6.70. The molecule has 106 valence electrons. The first-order chi connectivity index (χ1) is 9.70. The molecule has 0 aromatic carbocycles. The van der Waals surface area contributed by atoms with E-state index in [-0.39, 0.29) is 12.1 Å². The number of hydrogen-bond donors (Lipinski definition) is 2. The summed E-state index contributed by atoms with van der Waals surface area (Å²) in [5.41, 5.74) is 1.01. The van der Waals surface area contributed by atoms with Gasteiger partial charge in [-0.25, -0.2) is 9.48 Å². The Kier molecular flexibility index (Phi) is 4.70. The van der Waals surface area contributed by atoms with Crippen LogP contribution in [0, 0.1) is 0 Å².